The molecule has 23 heavy (non-hydrogen) atoms. The Morgan fingerprint density at radius 3 is 2.74 bits per heavy atom. The number of carbonyl (C=O) groups is 1. The van der Waals surface area contributed by atoms with Crippen LogP contribution in [-0.4, -0.2) is 17.6 Å². The number of benzene rings is 1. The van der Waals surface area contributed by atoms with Crippen LogP contribution in [-0.2, 0) is 0 Å². The van der Waals surface area contributed by atoms with E-state index < -0.39 is 0 Å². The molecule has 1 aliphatic rings. The first kappa shape index (κ1) is 16.6. The van der Waals surface area contributed by atoms with E-state index in [2.05, 4.69) is 10.3 Å². The van der Waals surface area contributed by atoms with Crippen LogP contribution in [0.15, 0.2) is 29.8 Å². The van der Waals surface area contributed by atoms with Crippen molar-refractivity contribution in [2.45, 2.75) is 25.7 Å². The van der Waals surface area contributed by atoms with E-state index in [1.54, 1.807) is 23.2 Å². The minimum atomic E-state index is -0.190. The number of hydrogen-bond acceptors (Lipinski definition) is 3. The van der Waals surface area contributed by atoms with Gasteiger partial charge in [0.25, 0.3) is 0 Å². The Bertz CT molecular complexity index is 672. The largest absolute Gasteiger partial charge is 0.328 e. The number of halogens is 2. The summed E-state index contributed by atoms with van der Waals surface area (Å²) in [6.45, 7) is 0.676. The quantitative estimate of drug-likeness (QED) is 0.753. The van der Waals surface area contributed by atoms with Crippen LogP contribution in [0.3, 0.4) is 0 Å². The number of rotatable bonds is 4. The van der Waals surface area contributed by atoms with Crippen molar-refractivity contribution in [3.8, 4) is 0 Å². The lowest BCUT2D eigenvalue weighted by atomic mass is 10.1. The van der Waals surface area contributed by atoms with Crippen molar-refractivity contribution in [2.75, 3.05) is 16.8 Å². The molecule has 0 spiro atoms. The molecule has 2 aromatic rings. The standard InChI is InChI=1S/C16H17Cl2N3OS/c17-13-6-5-12(9-14(13)18)21(10-11-3-1-2-4-11)16(22)20-15-19-7-8-23-15/h5-9,11H,1-4,10H2,(H,19,20,22). The maximum absolute atomic E-state index is 12.7. The van der Waals surface area contributed by atoms with Crippen LogP contribution in [0.4, 0.5) is 15.6 Å². The van der Waals surface area contributed by atoms with Gasteiger partial charge in [0, 0.05) is 23.8 Å². The molecule has 1 fully saturated rings. The number of amides is 2. The van der Waals surface area contributed by atoms with Crippen molar-refractivity contribution < 1.29 is 4.79 Å². The smallest absolute Gasteiger partial charge is 0.294 e. The minimum absolute atomic E-state index is 0.190. The fourth-order valence-electron chi connectivity index (χ4n) is 2.85. The Hall–Kier alpha value is -1.30. The number of anilines is 2. The fraction of sp³-hybridized carbons (Fsp3) is 0.375. The molecule has 1 aromatic carbocycles. The van der Waals surface area contributed by atoms with Crippen LogP contribution in [0.1, 0.15) is 25.7 Å². The average molecular weight is 370 g/mol. The third kappa shape index (κ3) is 4.16. The van der Waals surface area contributed by atoms with Crippen molar-refractivity contribution >= 4 is 51.4 Å². The SMILES string of the molecule is O=C(Nc1nccs1)N(CC1CCCC1)c1ccc(Cl)c(Cl)c1. The van der Waals surface area contributed by atoms with Crippen LogP contribution >= 0.6 is 34.5 Å². The molecule has 7 heteroatoms. The molecule has 4 nitrogen and oxygen atoms in total. The van der Waals surface area contributed by atoms with E-state index in [-0.39, 0.29) is 6.03 Å². The first-order chi connectivity index (χ1) is 11.1. The van der Waals surface area contributed by atoms with Crippen molar-refractivity contribution in [3.05, 3.63) is 39.8 Å². The van der Waals surface area contributed by atoms with E-state index in [1.165, 1.54) is 24.2 Å². The van der Waals surface area contributed by atoms with Crippen molar-refractivity contribution in [3.63, 3.8) is 0 Å². The van der Waals surface area contributed by atoms with Crippen LogP contribution in [0.25, 0.3) is 0 Å². The Morgan fingerprint density at radius 1 is 1.30 bits per heavy atom. The summed E-state index contributed by atoms with van der Waals surface area (Å²) in [4.78, 5) is 18.5. The Balaban J connectivity index is 1.82. The number of nitrogens with zero attached hydrogens (tertiary/aromatic N) is 2. The molecule has 1 aromatic heterocycles. The molecule has 1 aliphatic carbocycles. The average Bonchev–Trinajstić information content (AvgIpc) is 3.21. The first-order valence-electron chi connectivity index (χ1n) is 7.56. The summed E-state index contributed by atoms with van der Waals surface area (Å²) in [5.74, 6) is 0.520. The molecule has 0 bridgehead atoms. The molecule has 0 unspecified atom stereocenters. The van der Waals surface area contributed by atoms with Gasteiger partial charge in [0.15, 0.2) is 5.13 Å². The van der Waals surface area contributed by atoms with Crippen molar-refractivity contribution in [1.29, 1.82) is 0 Å². The second-order valence-corrected chi connectivity index (χ2v) is 7.34. The molecule has 2 amide bonds. The van der Waals surface area contributed by atoms with Gasteiger partial charge in [0.2, 0.25) is 0 Å². The third-order valence-corrected chi connectivity index (χ3v) is 5.45. The van der Waals surface area contributed by atoms with Crippen LogP contribution in [0.5, 0.6) is 0 Å². The van der Waals surface area contributed by atoms with Crippen molar-refractivity contribution in [1.82, 2.24) is 4.98 Å². The Labute approximate surface area is 149 Å². The lowest BCUT2D eigenvalue weighted by Crippen LogP contribution is -2.38. The van der Waals surface area contributed by atoms with Gasteiger partial charge in [-0.2, -0.15) is 0 Å². The summed E-state index contributed by atoms with van der Waals surface area (Å²) in [7, 11) is 0. The lowest BCUT2D eigenvalue weighted by molar-refractivity contribution is 0.255. The van der Waals surface area contributed by atoms with Crippen LogP contribution in [0, 0.1) is 5.92 Å². The molecule has 3 rings (SSSR count). The first-order valence-corrected chi connectivity index (χ1v) is 9.20. The summed E-state index contributed by atoms with van der Waals surface area (Å²) >= 11 is 13.5. The van der Waals surface area contributed by atoms with Gasteiger partial charge in [0.05, 0.1) is 10.0 Å². The monoisotopic (exact) mass is 369 g/mol. The van der Waals surface area contributed by atoms with Gasteiger partial charge < -0.3 is 0 Å². The molecule has 122 valence electrons. The van der Waals surface area contributed by atoms with Gasteiger partial charge in [0.1, 0.15) is 0 Å². The number of urea groups is 1. The highest BCUT2D eigenvalue weighted by molar-refractivity contribution is 7.13. The molecule has 1 N–H and O–H groups in total. The van der Waals surface area contributed by atoms with E-state index in [1.807, 2.05) is 11.4 Å². The number of thiazole rings is 1. The summed E-state index contributed by atoms with van der Waals surface area (Å²) < 4.78 is 0. The van der Waals surface area contributed by atoms with E-state index in [0.29, 0.717) is 27.6 Å². The number of aromatic nitrogens is 1. The van der Waals surface area contributed by atoms with E-state index >= 15 is 0 Å². The number of carbonyl (C=O) groups excluding carboxylic acids is 1. The zero-order valence-corrected chi connectivity index (χ0v) is 14.8. The minimum Gasteiger partial charge on any atom is -0.294 e. The second kappa shape index (κ2) is 7.51. The zero-order valence-electron chi connectivity index (χ0n) is 12.5. The molecule has 0 saturated heterocycles. The summed E-state index contributed by atoms with van der Waals surface area (Å²) in [5, 5.41) is 6.20. The molecular formula is C16H17Cl2N3OS. The number of hydrogen-bond donors (Lipinski definition) is 1. The Morgan fingerprint density at radius 2 is 2.09 bits per heavy atom. The lowest BCUT2D eigenvalue weighted by Gasteiger charge is -2.26. The third-order valence-electron chi connectivity index (χ3n) is 4.02. The Kier molecular flexibility index (Phi) is 5.41. The van der Waals surface area contributed by atoms with E-state index in [4.69, 9.17) is 23.2 Å². The van der Waals surface area contributed by atoms with Gasteiger partial charge in [-0.05, 0) is 37.0 Å². The molecule has 1 heterocycles. The fourth-order valence-corrected chi connectivity index (χ4v) is 3.66. The summed E-state index contributed by atoms with van der Waals surface area (Å²) in [6, 6.07) is 5.09. The molecule has 0 radical (unpaired) electrons. The van der Waals surface area contributed by atoms with Gasteiger partial charge in [-0.3, -0.25) is 10.2 Å². The van der Waals surface area contributed by atoms with Crippen molar-refractivity contribution in [2.24, 2.45) is 5.92 Å². The second-order valence-electron chi connectivity index (χ2n) is 5.63. The molecule has 0 aliphatic heterocycles. The van der Waals surface area contributed by atoms with Gasteiger partial charge in [-0.15, -0.1) is 11.3 Å². The van der Waals surface area contributed by atoms with Gasteiger partial charge >= 0.3 is 6.03 Å². The zero-order chi connectivity index (χ0) is 16.2. The number of nitrogens with one attached hydrogen (secondary N) is 1. The van der Waals surface area contributed by atoms with Crippen LogP contribution in [0.2, 0.25) is 10.0 Å². The highest BCUT2D eigenvalue weighted by atomic mass is 35.5. The predicted octanol–water partition coefficient (Wildman–Crippen LogP) is 5.68. The molecular weight excluding hydrogens is 353 g/mol. The summed E-state index contributed by atoms with van der Waals surface area (Å²) in [5.41, 5.74) is 0.750. The highest BCUT2D eigenvalue weighted by Crippen LogP contribution is 2.31. The topological polar surface area (TPSA) is 45.2 Å². The maximum Gasteiger partial charge on any atom is 0.328 e. The highest BCUT2D eigenvalue weighted by Gasteiger charge is 2.24. The van der Waals surface area contributed by atoms with E-state index in [0.717, 1.165) is 18.5 Å². The maximum atomic E-state index is 12.7. The normalized spacial score (nSPS) is 14.9. The van der Waals surface area contributed by atoms with Gasteiger partial charge in [-0.1, -0.05) is 36.0 Å². The van der Waals surface area contributed by atoms with Gasteiger partial charge in [-0.25, -0.2) is 9.78 Å². The van der Waals surface area contributed by atoms with Crippen LogP contribution < -0.4 is 10.2 Å². The van der Waals surface area contributed by atoms with E-state index in [9.17, 15) is 4.79 Å². The summed E-state index contributed by atoms with van der Waals surface area (Å²) in [6.07, 6.45) is 6.44. The molecule has 1 saturated carbocycles. The predicted molar refractivity (Wildman–Crippen MR) is 96.9 cm³/mol. The molecule has 0 atom stereocenters.